The number of anilines is 2. The van der Waals surface area contributed by atoms with Crippen LogP contribution in [0, 0.1) is 0 Å². The van der Waals surface area contributed by atoms with Gasteiger partial charge in [-0.3, -0.25) is 4.79 Å². The second kappa shape index (κ2) is 8.91. The van der Waals surface area contributed by atoms with E-state index in [-0.39, 0.29) is 18.3 Å². The summed E-state index contributed by atoms with van der Waals surface area (Å²) in [6.45, 7) is 1.91. The van der Waals surface area contributed by atoms with Crippen molar-refractivity contribution in [3.63, 3.8) is 0 Å². The molecule has 0 aliphatic heterocycles. The van der Waals surface area contributed by atoms with Crippen LogP contribution in [0.2, 0.25) is 0 Å². The van der Waals surface area contributed by atoms with E-state index < -0.39 is 12.1 Å². The number of benzene rings is 1. The first-order chi connectivity index (χ1) is 9.47. The minimum absolute atomic E-state index is 0. The molecule has 1 rings (SSSR count). The number of carbonyl (C=O) groups is 2. The highest BCUT2D eigenvalue weighted by molar-refractivity contribution is 5.97. The van der Waals surface area contributed by atoms with E-state index in [2.05, 4.69) is 10.6 Å². The molecule has 0 aliphatic carbocycles. The molecule has 6 N–H and O–H groups in total. The summed E-state index contributed by atoms with van der Waals surface area (Å²) in [6, 6.07) is 3.51. The fourth-order valence-electron chi connectivity index (χ4n) is 1.77. The summed E-state index contributed by atoms with van der Waals surface area (Å²) in [5, 5.41) is 5.09. The Hall–Kier alpha value is -2.15. The number of nitrogen functional groups attached to an aromatic ring is 1. The lowest BCUT2D eigenvalue weighted by molar-refractivity contribution is -0.118. The van der Waals surface area contributed by atoms with Gasteiger partial charge in [-0.15, -0.1) is 12.4 Å². The van der Waals surface area contributed by atoms with Gasteiger partial charge in [0.2, 0.25) is 5.91 Å². The Bertz CT molecular complexity index is 496. The van der Waals surface area contributed by atoms with Crippen LogP contribution < -0.4 is 26.8 Å². The standard InChI is InChI=1S/C13H20N4O3.ClH/c1-3-4-10(17-13(15)19)12(18)16-8-5-6-11(20-2)9(14)7-8;/h5-7,10H,3-4,14H2,1-2H3,(H,16,18)(H3,15,17,19);1H/t10-;/m1./s1. The van der Waals surface area contributed by atoms with E-state index in [9.17, 15) is 9.59 Å². The topological polar surface area (TPSA) is 119 Å². The van der Waals surface area contributed by atoms with Crippen molar-refractivity contribution in [3.05, 3.63) is 18.2 Å². The average Bonchev–Trinajstić information content (AvgIpc) is 2.38. The number of nitrogens with one attached hydrogen (secondary N) is 2. The van der Waals surface area contributed by atoms with Crippen molar-refractivity contribution in [2.24, 2.45) is 5.73 Å². The monoisotopic (exact) mass is 316 g/mol. The van der Waals surface area contributed by atoms with Crippen LogP contribution in [0.1, 0.15) is 19.8 Å². The third-order valence-corrected chi connectivity index (χ3v) is 2.71. The summed E-state index contributed by atoms with van der Waals surface area (Å²) in [6.07, 6.45) is 1.24. The number of amides is 3. The summed E-state index contributed by atoms with van der Waals surface area (Å²) in [7, 11) is 1.51. The maximum absolute atomic E-state index is 12.1. The lowest BCUT2D eigenvalue weighted by Gasteiger charge is -2.17. The number of primary amides is 1. The number of nitrogens with two attached hydrogens (primary N) is 2. The normalized spacial score (nSPS) is 11.0. The van der Waals surface area contributed by atoms with Gasteiger partial charge in [0.05, 0.1) is 12.8 Å². The molecule has 0 unspecified atom stereocenters. The first kappa shape index (κ1) is 18.9. The molecule has 1 atom stereocenters. The molecule has 118 valence electrons. The summed E-state index contributed by atoms with van der Waals surface area (Å²) < 4.78 is 5.03. The van der Waals surface area contributed by atoms with E-state index >= 15 is 0 Å². The number of hydrogen-bond donors (Lipinski definition) is 4. The van der Waals surface area contributed by atoms with Crippen LogP contribution in [0.4, 0.5) is 16.2 Å². The zero-order valence-electron chi connectivity index (χ0n) is 12.0. The molecule has 7 nitrogen and oxygen atoms in total. The van der Waals surface area contributed by atoms with Gasteiger partial charge in [-0.25, -0.2) is 4.79 Å². The molecule has 0 radical (unpaired) electrons. The quantitative estimate of drug-likeness (QED) is 0.594. The first-order valence-corrected chi connectivity index (χ1v) is 6.28. The van der Waals surface area contributed by atoms with E-state index in [0.29, 0.717) is 23.5 Å². The van der Waals surface area contributed by atoms with Crippen LogP contribution in [0.5, 0.6) is 5.75 Å². The zero-order valence-corrected chi connectivity index (χ0v) is 12.8. The largest absolute Gasteiger partial charge is 0.495 e. The SMILES string of the molecule is CCC[C@@H](NC(N)=O)C(=O)Nc1ccc(OC)c(N)c1.Cl. The van der Waals surface area contributed by atoms with Gasteiger partial charge in [-0.1, -0.05) is 13.3 Å². The molecular weight excluding hydrogens is 296 g/mol. The van der Waals surface area contributed by atoms with Gasteiger partial charge >= 0.3 is 6.03 Å². The predicted molar refractivity (Wildman–Crippen MR) is 84.7 cm³/mol. The van der Waals surface area contributed by atoms with Crippen molar-refractivity contribution >= 4 is 35.7 Å². The van der Waals surface area contributed by atoms with Crippen molar-refractivity contribution in [2.75, 3.05) is 18.2 Å². The molecule has 0 aliphatic rings. The molecule has 0 bridgehead atoms. The summed E-state index contributed by atoms with van der Waals surface area (Å²) >= 11 is 0. The van der Waals surface area contributed by atoms with Gasteiger partial charge in [-0.05, 0) is 24.6 Å². The number of halogens is 1. The Morgan fingerprint density at radius 3 is 2.52 bits per heavy atom. The van der Waals surface area contributed by atoms with Crippen LogP contribution >= 0.6 is 12.4 Å². The Balaban J connectivity index is 0.00000400. The highest BCUT2D eigenvalue weighted by Gasteiger charge is 2.19. The maximum Gasteiger partial charge on any atom is 0.312 e. The molecule has 0 heterocycles. The fraction of sp³-hybridized carbons (Fsp3) is 0.385. The average molecular weight is 317 g/mol. The minimum atomic E-state index is -0.729. The van der Waals surface area contributed by atoms with Gasteiger partial charge in [0.25, 0.3) is 0 Å². The number of carbonyl (C=O) groups excluding carboxylic acids is 2. The Morgan fingerprint density at radius 1 is 1.38 bits per heavy atom. The van der Waals surface area contributed by atoms with Crippen molar-refractivity contribution in [1.29, 1.82) is 0 Å². The van der Waals surface area contributed by atoms with Gasteiger partial charge in [0.15, 0.2) is 0 Å². The highest BCUT2D eigenvalue weighted by Crippen LogP contribution is 2.24. The molecule has 0 saturated heterocycles. The van der Waals surface area contributed by atoms with Crippen molar-refractivity contribution < 1.29 is 14.3 Å². The van der Waals surface area contributed by atoms with Crippen LogP contribution in [0.15, 0.2) is 18.2 Å². The third kappa shape index (κ3) is 5.78. The van der Waals surface area contributed by atoms with E-state index in [4.69, 9.17) is 16.2 Å². The smallest absolute Gasteiger partial charge is 0.312 e. The molecule has 1 aromatic carbocycles. The van der Waals surface area contributed by atoms with Gasteiger partial charge < -0.3 is 26.8 Å². The van der Waals surface area contributed by atoms with Crippen LogP contribution in [-0.2, 0) is 4.79 Å². The number of hydrogen-bond acceptors (Lipinski definition) is 4. The van der Waals surface area contributed by atoms with Gasteiger partial charge in [0, 0.05) is 5.69 Å². The van der Waals surface area contributed by atoms with E-state index in [1.165, 1.54) is 7.11 Å². The van der Waals surface area contributed by atoms with E-state index in [1.54, 1.807) is 18.2 Å². The van der Waals surface area contributed by atoms with Gasteiger partial charge in [0.1, 0.15) is 11.8 Å². The second-order valence-corrected chi connectivity index (χ2v) is 4.30. The number of urea groups is 1. The van der Waals surface area contributed by atoms with Crippen LogP contribution in [0.3, 0.4) is 0 Å². The number of methoxy groups -OCH3 is 1. The Morgan fingerprint density at radius 2 is 2.05 bits per heavy atom. The molecular formula is C13H21ClN4O3. The van der Waals surface area contributed by atoms with Crippen molar-refractivity contribution in [1.82, 2.24) is 5.32 Å². The third-order valence-electron chi connectivity index (χ3n) is 2.71. The molecule has 3 amide bonds. The van der Waals surface area contributed by atoms with Crippen molar-refractivity contribution in [2.45, 2.75) is 25.8 Å². The molecule has 0 spiro atoms. The predicted octanol–water partition coefficient (Wildman–Crippen LogP) is 1.47. The highest BCUT2D eigenvalue weighted by atomic mass is 35.5. The minimum Gasteiger partial charge on any atom is -0.495 e. The number of ether oxygens (including phenoxy) is 1. The molecule has 8 heteroatoms. The Labute approximate surface area is 129 Å². The molecule has 0 fully saturated rings. The second-order valence-electron chi connectivity index (χ2n) is 4.30. The lowest BCUT2D eigenvalue weighted by Crippen LogP contribution is -2.46. The van der Waals surface area contributed by atoms with E-state index in [0.717, 1.165) is 6.42 Å². The molecule has 1 aromatic rings. The molecule has 0 saturated carbocycles. The maximum atomic E-state index is 12.1. The summed E-state index contributed by atoms with van der Waals surface area (Å²) in [4.78, 5) is 22.9. The lowest BCUT2D eigenvalue weighted by atomic mass is 10.1. The number of rotatable bonds is 6. The van der Waals surface area contributed by atoms with Gasteiger partial charge in [-0.2, -0.15) is 0 Å². The summed E-state index contributed by atoms with van der Waals surface area (Å²) in [5.74, 6) is 0.193. The molecule has 0 aromatic heterocycles. The van der Waals surface area contributed by atoms with Crippen LogP contribution in [0.25, 0.3) is 0 Å². The fourth-order valence-corrected chi connectivity index (χ4v) is 1.77. The van der Waals surface area contributed by atoms with E-state index in [1.807, 2.05) is 6.92 Å². The summed E-state index contributed by atoms with van der Waals surface area (Å²) in [5.41, 5.74) is 11.8. The first-order valence-electron chi connectivity index (χ1n) is 6.28. The van der Waals surface area contributed by atoms with Crippen molar-refractivity contribution in [3.8, 4) is 5.75 Å². The Kier molecular flexibility index (Phi) is 8.00. The van der Waals surface area contributed by atoms with Crippen LogP contribution in [-0.4, -0.2) is 25.1 Å². The molecule has 21 heavy (non-hydrogen) atoms. The zero-order chi connectivity index (χ0) is 15.1.